The number of H-pyrrole nitrogens is 1. The van der Waals surface area contributed by atoms with E-state index in [0.29, 0.717) is 29.1 Å². The zero-order chi connectivity index (χ0) is 20.9. The summed E-state index contributed by atoms with van der Waals surface area (Å²) >= 11 is 0. The number of nitriles is 1. The fraction of sp³-hybridized carbons (Fsp3) is 0.320. The van der Waals surface area contributed by atoms with Crippen LogP contribution in [0.2, 0.25) is 0 Å². The van der Waals surface area contributed by atoms with Gasteiger partial charge in [0.2, 0.25) is 0 Å². The Morgan fingerprint density at radius 3 is 2.77 bits per heavy atom. The molecule has 4 heterocycles. The van der Waals surface area contributed by atoms with Gasteiger partial charge in [-0.25, -0.2) is 0 Å². The van der Waals surface area contributed by atoms with Crippen LogP contribution in [0.4, 0.5) is 5.69 Å². The molecule has 6 nitrogen and oxygen atoms in total. The topological polar surface area (TPSA) is 76.0 Å². The van der Waals surface area contributed by atoms with E-state index in [2.05, 4.69) is 44.0 Å². The Morgan fingerprint density at radius 2 is 2.00 bits per heavy atom. The van der Waals surface area contributed by atoms with Gasteiger partial charge in [0.05, 0.1) is 22.5 Å². The van der Waals surface area contributed by atoms with E-state index in [0.717, 1.165) is 37.1 Å². The summed E-state index contributed by atoms with van der Waals surface area (Å²) < 4.78 is 0. The van der Waals surface area contributed by atoms with Gasteiger partial charge in [-0.2, -0.15) is 5.26 Å². The molecule has 0 unspecified atom stereocenters. The lowest BCUT2D eigenvalue weighted by atomic mass is 10.1. The average Bonchev–Trinajstić information content (AvgIpc) is 3.55. The van der Waals surface area contributed by atoms with Crippen molar-refractivity contribution >= 4 is 22.2 Å². The maximum Gasteiger partial charge on any atom is 0.257 e. The molecule has 1 aromatic carbocycles. The largest absolute Gasteiger partial charge is 0.366 e. The summed E-state index contributed by atoms with van der Waals surface area (Å²) in [6, 6.07) is 17.3. The van der Waals surface area contributed by atoms with Gasteiger partial charge in [-0.05, 0) is 67.3 Å². The van der Waals surface area contributed by atoms with Crippen LogP contribution in [0.15, 0.2) is 59.5 Å². The smallest absolute Gasteiger partial charge is 0.257 e. The van der Waals surface area contributed by atoms with Gasteiger partial charge in [0.15, 0.2) is 0 Å². The standard InChI is InChI=1S/C25H23N5O/c26-13-16-3-6-18(7-4-16)29-14-21-11-20(29)15-30(21)19-8-5-17(10-19)23-12-24-22(25(31)28-23)2-1-9-27-24/h1-4,6-7,9-10,12,19-21H,5,8,11,14-15H2,(H,28,31)/t19-,20+,21+/m1/s1. The second kappa shape index (κ2) is 7.07. The summed E-state index contributed by atoms with van der Waals surface area (Å²) in [7, 11) is 0. The minimum Gasteiger partial charge on any atom is -0.366 e. The highest BCUT2D eigenvalue weighted by atomic mass is 16.1. The molecule has 3 aromatic rings. The van der Waals surface area contributed by atoms with Crippen LogP contribution in [-0.2, 0) is 0 Å². The average molecular weight is 409 g/mol. The fourth-order valence-corrected chi connectivity index (χ4v) is 5.60. The molecule has 3 aliphatic rings. The molecule has 0 radical (unpaired) electrons. The Morgan fingerprint density at radius 1 is 1.13 bits per heavy atom. The van der Waals surface area contributed by atoms with E-state index in [1.807, 2.05) is 24.3 Å². The number of pyridine rings is 2. The number of aromatic nitrogens is 2. The van der Waals surface area contributed by atoms with Crippen molar-refractivity contribution in [2.24, 2.45) is 0 Å². The lowest BCUT2D eigenvalue weighted by Gasteiger charge is -2.38. The summed E-state index contributed by atoms with van der Waals surface area (Å²) in [5.74, 6) is 0. The number of allylic oxidation sites excluding steroid dienone is 1. The summed E-state index contributed by atoms with van der Waals surface area (Å²) in [4.78, 5) is 25.0. The predicted molar refractivity (Wildman–Crippen MR) is 121 cm³/mol. The van der Waals surface area contributed by atoms with Crippen molar-refractivity contribution in [2.75, 3.05) is 18.0 Å². The van der Waals surface area contributed by atoms with Crippen LogP contribution in [0.5, 0.6) is 0 Å². The minimum absolute atomic E-state index is 0.0664. The molecular formula is C25H23N5O. The zero-order valence-corrected chi connectivity index (χ0v) is 17.2. The van der Waals surface area contributed by atoms with Gasteiger partial charge in [0.25, 0.3) is 5.56 Å². The third-order valence-electron chi connectivity index (χ3n) is 7.10. The van der Waals surface area contributed by atoms with Crippen molar-refractivity contribution in [3.63, 3.8) is 0 Å². The summed E-state index contributed by atoms with van der Waals surface area (Å²) in [5, 5.41) is 9.67. The molecule has 0 amide bonds. The molecule has 1 aliphatic carbocycles. The van der Waals surface area contributed by atoms with Crippen LogP contribution in [0.3, 0.4) is 0 Å². The molecule has 6 rings (SSSR count). The molecule has 154 valence electrons. The molecule has 6 heteroatoms. The zero-order valence-electron chi connectivity index (χ0n) is 17.2. The van der Waals surface area contributed by atoms with Crippen molar-refractivity contribution in [3.8, 4) is 6.07 Å². The van der Waals surface area contributed by atoms with Gasteiger partial charge >= 0.3 is 0 Å². The molecule has 2 aromatic heterocycles. The first-order valence-corrected chi connectivity index (χ1v) is 10.9. The number of likely N-dealkylation sites (tertiary alicyclic amines) is 1. The van der Waals surface area contributed by atoms with Crippen molar-refractivity contribution in [1.29, 1.82) is 5.26 Å². The summed E-state index contributed by atoms with van der Waals surface area (Å²) in [5.41, 5.74) is 4.74. The van der Waals surface area contributed by atoms with Gasteiger partial charge in [0, 0.05) is 48.8 Å². The number of aromatic amines is 1. The lowest BCUT2D eigenvalue weighted by molar-refractivity contribution is 0.196. The second-order valence-corrected chi connectivity index (χ2v) is 8.80. The number of benzene rings is 1. The molecule has 2 aliphatic heterocycles. The Labute approximate surface area is 180 Å². The third kappa shape index (κ3) is 3.05. The number of nitrogens with one attached hydrogen (secondary N) is 1. The van der Waals surface area contributed by atoms with Crippen LogP contribution in [0, 0.1) is 11.3 Å². The molecule has 1 N–H and O–H groups in total. The first-order valence-electron chi connectivity index (χ1n) is 10.9. The molecular weight excluding hydrogens is 386 g/mol. The van der Waals surface area contributed by atoms with Crippen molar-refractivity contribution < 1.29 is 0 Å². The molecule has 0 saturated carbocycles. The monoisotopic (exact) mass is 409 g/mol. The number of piperazine rings is 1. The van der Waals surface area contributed by atoms with E-state index in [1.54, 1.807) is 12.3 Å². The highest BCUT2D eigenvalue weighted by Crippen LogP contribution is 2.39. The third-order valence-corrected chi connectivity index (χ3v) is 7.10. The van der Waals surface area contributed by atoms with Gasteiger partial charge in [-0.1, -0.05) is 6.08 Å². The fourth-order valence-electron chi connectivity index (χ4n) is 5.60. The van der Waals surface area contributed by atoms with E-state index < -0.39 is 0 Å². The van der Waals surface area contributed by atoms with E-state index >= 15 is 0 Å². The van der Waals surface area contributed by atoms with Gasteiger partial charge < -0.3 is 9.88 Å². The van der Waals surface area contributed by atoms with Gasteiger partial charge in [-0.15, -0.1) is 0 Å². The first kappa shape index (κ1) is 18.3. The Hall–Kier alpha value is -3.43. The number of nitrogens with zero attached hydrogens (tertiary/aromatic N) is 4. The molecule has 0 spiro atoms. The summed E-state index contributed by atoms with van der Waals surface area (Å²) in [6.45, 7) is 2.10. The molecule has 2 bridgehead atoms. The van der Waals surface area contributed by atoms with E-state index in [-0.39, 0.29) is 5.56 Å². The summed E-state index contributed by atoms with van der Waals surface area (Å²) in [6.07, 6.45) is 7.35. The minimum atomic E-state index is -0.0664. The van der Waals surface area contributed by atoms with Crippen molar-refractivity contribution in [1.82, 2.24) is 14.9 Å². The molecule has 31 heavy (non-hydrogen) atoms. The second-order valence-electron chi connectivity index (χ2n) is 8.80. The number of anilines is 1. The van der Waals surface area contributed by atoms with Gasteiger partial charge in [0.1, 0.15) is 0 Å². The number of rotatable bonds is 3. The van der Waals surface area contributed by atoms with E-state index in [1.165, 1.54) is 17.7 Å². The maximum atomic E-state index is 12.5. The van der Waals surface area contributed by atoms with Gasteiger partial charge in [-0.3, -0.25) is 14.7 Å². The molecule has 2 fully saturated rings. The Kier molecular flexibility index (Phi) is 4.18. The molecule has 2 saturated heterocycles. The SMILES string of the molecule is N#Cc1ccc(N2C[C@@H]3C[C@H]2CN3[C@H]2C=C(c3cc4ncccc4c(=O)[nH]3)CC2)cc1. The van der Waals surface area contributed by atoms with E-state index in [9.17, 15) is 4.79 Å². The quantitative estimate of drug-likeness (QED) is 0.718. The van der Waals surface area contributed by atoms with Crippen LogP contribution < -0.4 is 10.5 Å². The Balaban J connectivity index is 1.20. The van der Waals surface area contributed by atoms with Crippen LogP contribution in [0.25, 0.3) is 16.5 Å². The highest BCUT2D eigenvalue weighted by molar-refractivity contribution is 5.81. The number of fused-ring (bicyclic) bond motifs is 3. The van der Waals surface area contributed by atoms with Crippen LogP contribution >= 0.6 is 0 Å². The van der Waals surface area contributed by atoms with E-state index in [4.69, 9.17) is 5.26 Å². The molecule has 3 atom stereocenters. The normalized spacial score (nSPS) is 25.2. The lowest BCUT2D eigenvalue weighted by Crippen LogP contribution is -2.49. The highest BCUT2D eigenvalue weighted by Gasteiger charge is 2.45. The van der Waals surface area contributed by atoms with Crippen LogP contribution in [0.1, 0.15) is 30.5 Å². The van der Waals surface area contributed by atoms with Crippen molar-refractivity contribution in [3.05, 3.63) is 76.3 Å². The predicted octanol–water partition coefficient (Wildman–Crippen LogP) is 3.30. The van der Waals surface area contributed by atoms with Crippen molar-refractivity contribution in [2.45, 2.75) is 37.4 Å². The number of hydrogen-bond acceptors (Lipinski definition) is 5. The number of hydrogen-bond donors (Lipinski definition) is 1. The maximum absolute atomic E-state index is 12.5. The Bertz CT molecular complexity index is 1290. The first-order chi connectivity index (χ1) is 15.2. The van der Waals surface area contributed by atoms with Crippen LogP contribution in [-0.4, -0.2) is 46.1 Å².